The molecule has 0 aliphatic carbocycles. The number of sulfonamides is 1. The first-order valence-corrected chi connectivity index (χ1v) is 11.3. The predicted octanol–water partition coefficient (Wildman–Crippen LogP) is 1.87. The van der Waals surface area contributed by atoms with Gasteiger partial charge < -0.3 is 4.90 Å². The molecule has 0 spiro atoms. The highest BCUT2D eigenvalue weighted by Gasteiger charge is 2.22. The Balaban J connectivity index is 1.57. The van der Waals surface area contributed by atoms with Gasteiger partial charge in [-0.05, 0) is 49.9 Å². The number of hydrogen-bond donors (Lipinski definition) is 1. The molecule has 9 heteroatoms. The highest BCUT2D eigenvalue weighted by atomic mass is 32.2. The summed E-state index contributed by atoms with van der Waals surface area (Å²) < 4.78 is 27.2. The molecule has 1 unspecified atom stereocenters. The van der Waals surface area contributed by atoms with E-state index in [1.54, 1.807) is 6.20 Å². The van der Waals surface area contributed by atoms with Crippen molar-refractivity contribution in [1.29, 1.82) is 0 Å². The minimum absolute atomic E-state index is 0.272. The van der Waals surface area contributed by atoms with Crippen molar-refractivity contribution in [2.75, 3.05) is 30.8 Å². The van der Waals surface area contributed by atoms with E-state index in [0.29, 0.717) is 6.54 Å². The van der Waals surface area contributed by atoms with E-state index in [2.05, 4.69) is 30.8 Å². The number of anilines is 1. The fourth-order valence-corrected chi connectivity index (χ4v) is 4.16. The number of nitrogens with zero attached hydrogens (tertiary/aromatic N) is 5. The molecule has 0 bridgehead atoms. The van der Waals surface area contributed by atoms with Crippen molar-refractivity contribution in [2.45, 2.75) is 19.8 Å². The predicted molar refractivity (Wildman–Crippen MR) is 109 cm³/mol. The molecule has 148 valence electrons. The molecule has 1 aliphatic rings. The molecular weight excluding hydrogens is 376 g/mol. The van der Waals surface area contributed by atoms with Gasteiger partial charge in [-0.25, -0.2) is 27.6 Å². The zero-order chi connectivity index (χ0) is 19.7. The summed E-state index contributed by atoms with van der Waals surface area (Å²) in [5, 5.41) is 4.57. The third-order valence-corrected chi connectivity index (χ3v) is 5.71. The Hall–Kier alpha value is -2.52. The number of pyridine rings is 1. The molecular formula is C19H24N6O2S. The number of aromatic nitrogens is 4. The number of piperidine rings is 1. The number of aryl methyl sites for hydroxylation is 1. The first-order chi connectivity index (χ1) is 13.4. The van der Waals surface area contributed by atoms with Crippen LogP contribution < -0.4 is 9.62 Å². The van der Waals surface area contributed by atoms with E-state index in [1.165, 1.54) is 6.26 Å². The van der Waals surface area contributed by atoms with Crippen molar-refractivity contribution in [3.05, 3.63) is 42.4 Å². The molecule has 1 aliphatic heterocycles. The Kier molecular flexibility index (Phi) is 5.03. The van der Waals surface area contributed by atoms with Crippen molar-refractivity contribution < 1.29 is 8.42 Å². The molecule has 0 aromatic carbocycles. The smallest absolute Gasteiger partial charge is 0.208 e. The Bertz CT molecular complexity index is 1090. The Morgan fingerprint density at radius 3 is 2.93 bits per heavy atom. The van der Waals surface area contributed by atoms with Gasteiger partial charge in [0.2, 0.25) is 10.0 Å². The molecule has 3 aromatic heterocycles. The van der Waals surface area contributed by atoms with Crippen molar-refractivity contribution in [2.24, 2.45) is 5.92 Å². The van der Waals surface area contributed by atoms with Crippen molar-refractivity contribution in [1.82, 2.24) is 24.3 Å². The highest BCUT2D eigenvalue weighted by Crippen LogP contribution is 2.26. The highest BCUT2D eigenvalue weighted by molar-refractivity contribution is 7.88. The SMILES string of the molecule is Cc1ccc2ncc(-c3ccnc(N4CCCC(CNS(C)(=O)=O)C4)c3)n2n1. The second-order valence-electron chi connectivity index (χ2n) is 7.37. The van der Waals surface area contributed by atoms with Gasteiger partial charge in [0, 0.05) is 31.4 Å². The second kappa shape index (κ2) is 7.48. The van der Waals surface area contributed by atoms with E-state index in [4.69, 9.17) is 0 Å². The zero-order valence-electron chi connectivity index (χ0n) is 16.0. The van der Waals surface area contributed by atoms with Crippen molar-refractivity contribution in [3.8, 4) is 11.3 Å². The first kappa shape index (κ1) is 18.8. The van der Waals surface area contributed by atoms with Gasteiger partial charge in [-0.15, -0.1) is 0 Å². The van der Waals surface area contributed by atoms with Gasteiger partial charge in [0.1, 0.15) is 5.82 Å². The second-order valence-corrected chi connectivity index (χ2v) is 9.20. The van der Waals surface area contributed by atoms with Crippen molar-refractivity contribution >= 4 is 21.5 Å². The van der Waals surface area contributed by atoms with E-state index in [-0.39, 0.29) is 5.92 Å². The van der Waals surface area contributed by atoms with E-state index < -0.39 is 10.0 Å². The number of nitrogens with one attached hydrogen (secondary N) is 1. The van der Waals surface area contributed by atoms with Crippen molar-refractivity contribution in [3.63, 3.8) is 0 Å². The van der Waals surface area contributed by atoms with Crippen LogP contribution in [-0.4, -0.2) is 53.9 Å². The minimum atomic E-state index is -3.17. The van der Waals surface area contributed by atoms with Gasteiger partial charge in [0.05, 0.1) is 23.8 Å². The molecule has 3 aromatic rings. The molecule has 1 fully saturated rings. The molecule has 0 saturated carbocycles. The normalized spacial score (nSPS) is 17.9. The zero-order valence-corrected chi connectivity index (χ0v) is 16.9. The Labute approximate surface area is 164 Å². The molecule has 1 N–H and O–H groups in total. The average Bonchev–Trinajstić information content (AvgIpc) is 3.09. The molecule has 4 rings (SSSR count). The summed E-state index contributed by atoms with van der Waals surface area (Å²) in [5.41, 5.74) is 3.67. The molecule has 8 nitrogen and oxygen atoms in total. The van der Waals surface area contributed by atoms with Gasteiger partial charge in [0.15, 0.2) is 5.65 Å². The third kappa shape index (κ3) is 4.15. The lowest BCUT2D eigenvalue weighted by Crippen LogP contribution is -2.41. The molecule has 4 heterocycles. The fourth-order valence-electron chi connectivity index (χ4n) is 3.62. The van der Waals surface area contributed by atoms with Crippen LogP contribution in [0.25, 0.3) is 16.9 Å². The van der Waals surface area contributed by atoms with Gasteiger partial charge in [0.25, 0.3) is 0 Å². The number of rotatable bonds is 5. The van der Waals surface area contributed by atoms with Crippen LogP contribution in [0.3, 0.4) is 0 Å². The summed E-state index contributed by atoms with van der Waals surface area (Å²) in [6.07, 6.45) is 6.85. The average molecular weight is 401 g/mol. The van der Waals surface area contributed by atoms with E-state index in [9.17, 15) is 8.42 Å². The fraction of sp³-hybridized carbons (Fsp3) is 0.421. The topological polar surface area (TPSA) is 92.5 Å². The monoisotopic (exact) mass is 400 g/mol. The van der Waals surface area contributed by atoms with Crippen LogP contribution in [0, 0.1) is 12.8 Å². The van der Waals surface area contributed by atoms with Crippen LogP contribution in [0.2, 0.25) is 0 Å². The third-order valence-electron chi connectivity index (χ3n) is 5.01. The lowest BCUT2D eigenvalue weighted by atomic mass is 9.98. The number of imidazole rings is 1. The van der Waals surface area contributed by atoms with Gasteiger partial charge >= 0.3 is 0 Å². The number of fused-ring (bicyclic) bond motifs is 1. The maximum atomic E-state index is 11.4. The lowest BCUT2D eigenvalue weighted by molar-refractivity contribution is 0.409. The van der Waals surface area contributed by atoms with E-state index >= 15 is 0 Å². The maximum absolute atomic E-state index is 11.4. The van der Waals surface area contributed by atoms with E-state index in [1.807, 2.05) is 35.8 Å². The standard InChI is InChI=1S/C19H24N6O2S/c1-14-5-6-18-21-12-17(25(18)23-14)16-7-8-20-19(10-16)24-9-3-4-15(13-24)11-22-28(2,26)27/h5-8,10,12,15,22H,3-4,9,11,13H2,1-2H3. The van der Waals surface area contributed by atoms with Crippen LogP contribution in [0.5, 0.6) is 0 Å². The van der Waals surface area contributed by atoms with Crippen LogP contribution in [0.4, 0.5) is 5.82 Å². The lowest BCUT2D eigenvalue weighted by Gasteiger charge is -2.33. The quantitative estimate of drug-likeness (QED) is 0.703. The summed E-state index contributed by atoms with van der Waals surface area (Å²) in [5.74, 6) is 1.17. The minimum Gasteiger partial charge on any atom is -0.356 e. The number of hydrogen-bond acceptors (Lipinski definition) is 6. The van der Waals surface area contributed by atoms with Crippen LogP contribution in [-0.2, 0) is 10.0 Å². The molecule has 28 heavy (non-hydrogen) atoms. The van der Waals surface area contributed by atoms with Gasteiger partial charge in [-0.3, -0.25) is 0 Å². The molecule has 1 saturated heterocycles. The molecule has 1 atom stereocenters. The maximum Gasteiger partial charge on any atom is 0.208 e. The van der Waals surface area contributed by atoms with E-state index in [0.717, 1.165) is 54.3 Å². The molecule has 0 radical (unpaired) electrons. The molecule has 0 amide bonds. The van der Waals surface area contributed by atoms with Gasteiger partial charge in [-0.2, -0.15) is 5.10 Å². The van der Waals surface area contributed by atoms with Crippen LogP contribution in [0.15, 0.2) is 36.7 Å². The summed E-state index contributed by atoms with van der Waals surface area (Å²) in [4.78, 5) is 11.2. The summed E-state index contributed by atoms with van der Waals surface area (Å²) in [6.45, 7) is 4.12. The largest absolute Gasteiger partial charge is 0.356 e. The first-order valence-electron chi connectivity index (χ1n) is 9.36. The van der Waals surface area contributed by atoms with Crippen LogP contribution in [0.1, 0.15) is 18.5 Å². The Morgan fingerprint density at radius 2 is 2.11 bits per heavy atom. The summed E-state index contributed by atoms with van der Waals surface area (Å²) >= 11 is 0. The summed E-state index contributed by atoms with van der Waals surface area (Å²) in [6, 6.07) is 7.92. The Morgan fingerprint density at radius 1 is 1.25 bits per heavy atom. The summed E-state index contributed by atoms with van der Waals surface area (Å²) in [7, 11) is -3.17. The van der Waals surface area contributed by atoms with Gasteiger partial charge in [-0.1, -0.05) is 0 Å². The van der Waals surface area contributed by atoms with Crippen LogP contribution >= 0.6 is 0 Å².